The second kappa shape index (κ2) is 5.87. The van der Waals surface area contributed by atoms with Gasteiger partial charge in [-0.25, -0.2) is 0 Å². The molecule has 1 unspecified atom stereocenters. The van der Waals surface area contributed by atoms with E-state index in [-0.39, 0.29) is 0 Å². The van der Waals surface area contributed by atoms with E-state index >= 15 is 0 Å². The van der Waals surface area contributed by atoms with Crippen molar-refractivity contribution in [2.45, 2.75) is 39.7 Å². The van der Waals surface area contributed by atoms with Crippen LogP contribution in [0.3, 0.4) is 0 Å². The first-order valence-corrected chi connectivity index (χ1v) is 8.19. The highest BCUT2D eigenvalue weighted by atomic mass is 15.1. The van der Waals surface area contributed by atoms with Crippen LogP contribution in [-0.2, 0) is 13.0 Å². The highest BCUT2D eigenvalue weighted by molar-refractivity contribution is 5.28. The Labute approximate surface area is 123 Å². The van der Waals surface area contributed by atoms with Gasteiger partial charge in [0.2, 0.25) is 0 Å². The summed E-state index contributed by atoms with van der Waals surface area (Å²) in [6.45, 7) is 10.8. The van der Waals surface area contributed by atoms with Crippen LogP contribution in [0.4, 0.5) is 0 Å². The van der Waals surface area contributed by atoms with Gasteiger partial charge in [-0.2, -0.15) is 0 Å². The highest BCUT2D eigenvalue weighted by Gasteiger charge is 2.38. The van der Waals surface area contributed by atoms with Crippen LogP contribution in [0.5, 0.6) is 0 Å². The summed E-state index contributed by atoms with van der Waals surface area (Å²) in [6.07, 6.45) is 3.89. The molecule has 0 aliphatic carbocycles. The molecule has 1 fully saturated rings. The van der Waals surface area contributed by atoms with E-state index in [1.54, 1.807) is 11.1 Å². The molecule has 1 aromatic carbocycles. The Bertz CT molecular complexity index is 446. The zero-order valence-electron chi connectivity index (χ0n) is 13.0. The number of fused-ring (bicyclic) bond motifs is 1. The Morgan fingerprint density at radius 2 is 2.05 bits per heavy atom. The maximum Gasteiger partial charge on any atom is 0.0236 e. The molecule has 20 heavy (non-hydrogen) atoms. The summed E-state index contributed by atoms with van der Waals surface area (Å²) in [5.41, 5.74) is 3.60. The predicted octanol–water partition coefficient (Wildman–Crippen LogP) is 3.07. The highest BCUT2D eigenvalue weighted by Crippen LogP contribution is 2.36. The Kier molecular flexibility index (Phi) is 4.13. The molecule has 2 aliphatic rings. The van der Waals surface area contributed by atoms with Crippen LogP contribution in [0, 0.1) is 11.3 Å². The summed E-state index contributed by atoms with van der Waals surface area (Å²) in [4.78, 5) is 2.71. The van der Waals surface area contributed by atoms with Gasteiger partial charge in [0.15, 0.2) is 0 Å². The molecule has 0 saturated carbocycles. The molecule has 0 bridgehead atoms. The largest absolute Gasteiger partial charge is 0.316 e. The Morgan fingerprint density at radius 1 is 1.25 bits per heavy atom. The van der Waals surface area contributed by atoms with Gasteiger partial charge in [0.1, 0.15) is 0 Å². The second-order valence-corrected chi connectivity index (χ2v) is 7.03. The number of hydrogen-bond donors (Lipinski definition) is 1. The topological polar surface area (TPSA) is 15.3 Å². The van der Waals surface area contributed by atoms with Crippen molar-refractivity contribution in [1.82, 2.24) is 10.2 Å². The van der Waals surface area contributed by atoms with Gasteiger partial charge in [-0.05, 0) is 54.8 Å². The summed E-state index contributed by atoms with van der Waals surface area (Å²) in [5.74, 6) is 0.760. The van der Waals surface area contributed by atoms with Crippen molar-refractivity contribution >= 4 is 0 Å². The molecule has 110 valence electrons. The predicted molar refractivity (Wildman–Crippen MR) is 84.8 cm³/mol. The monoisotopic (exact) mass is 272 g/mol. The lowest BCUT2D eigenvalue weighted by Gasteiger charge is -2.38. The van der Waals surface area contributed by atoms with E-state index in [0.29, 0.717) is 5.41 Å². The van der Waals surface area contributed by atoms with Crippen molar-refractivity contribution in [3.05, 3.63) is 35.4 Å². The molecule has 0 spiro atoms. The lowest BCUT2D eigenvalue weighted by atomic mass is 9.76. The Balaban J connectivity index is 1.75. The van der Waals surface area contributed by atoms with Crippen LogP contribution in [0.1, 0.15) is 37.8 Å². The zero-order valence-corrected chi connectivity index (χ0v) is 13.0. The van der Waals surface area contributed by atoms with E-state index in [4.69, 9.17) is 0 Å². The van der Waals surface area contributed by atoms with E-state index in [1.807, 2.05) is 0 Å². The van der Waals surface area contributed by atoms with E-state index < -0.39 is 0 Å². The molecule has 2 nitrogen and oxygen atoms in total. The van der Waals surface area contributed by atoms with Crippen LogP contribution in [0.15, 0.2) is 24.3 Å². The lowest BCUT2D eigenvalue weighted by Crippen LogP contribution is -2.42. The van der Waals surface area contributed by atoms with Gasteiger partial charge >= 0.3 is 0 Å². The van der Waals surface area contributed by atoms with Crippen molar-refractivity contribution < 1.29 is 0 Å². The van der Waals surface area contributed by atoms with Gasteiger partial charge in [-0.3, -0.25) is 4.90 Å². The van der Waals surface area contributed by atoms with Crippen molar-refractivity contribution in [3.8, 4) is 0 Å². The fourth-order valence-electron chi connectivity index (χ4n) is 3.92. The average Bonchev–Trinajstić information content (AvgIpc) is 2.81. The zero-order chi connectivity index (χ0) is 14.0. The number of nitrogens with zero attached hydrogens (tertiary/aromatic N) is 1. The molecule has 1 atom stereocenters. The summed E-state index contributed by atoms with van der Waals surface area (Å²) < 4.78 is 0. The van der Waals surface area contributed by atoms with E-state index in [9.17, 15) is 0 Å². The molecule has 0 amide bonds. The first-order valence-electron chi connectivity index (χ1n) is 8.19. The van der Waals surface area contributed by atoms with E-state index in [1.165, 1.54) is 45.4 Å². The minimum absolute atomic E-state index is 0.485. The summed E-state index contributed by atoms with van der Waals surface area (Å²) in [7, 11) is 0. The molecule has 1 N–H and O–H groups in total. The van der Waals surface area contributed by atoms with Crippen molar-refractivity contribution in [3.63, 3.8) is 0 Å². The minimum atomic E-state index is 0.485. The molecule has 2 heteroatoms. The molecule has 0 radical (unpaired) electrons. The lowest BCUT2D eigenvalue weighted by molar-refractivity contribution is 0.113. The maximum atomic E-state index is 3.59. The Hall–Kier alpha value is -0.860. The third kappa shape index (κ3) is 2.77. The van der Waals surface area contributed by atoms with Crippen LogP contribution < -0.4 is 5.32 Å². The Morgan fingerprint density at radius 3 is 2.75 bits per heavy atom. The van der Waals surface area contributed by atoms with Crippen LogP contribution in [0.25, 0.3) is 0 Å². The molecule has 2 heterocycles. The smallest absolute Gasteiger partial charge is 0.0236 e. The third-order valence-corrected chi connectivity index (χ3v) is 5.47. The van der Waals surface area contributed by atoms with Crippen molar-refractivity contribution in [2.75, 3.05) is 26.2 Å². The van der Waals surface area contributed by atoms with Crippen LogP contribution >= 0.6 is 0 Å². The molecular weight excluding hydrogens is 244 g/mol. The quantitative estimate of drug-likeness (QED) is 0.909. The first-order chi connectivity index (χ1) is 9.70. The van der Waals surface area contributed by atoms with Crippen molar-refractivity contribution in [2.24, 2.45) is 11.3 Å². The first kappa shape index (κ1) is 14.1. The molecule has 0 aromatic heterocycles. The number of nitrogens with one attached hydrogen (secondary N) is 1. The van der Waals surface area contributed by atoms with E-state index in [2.05, 4.69) is 48.3 Å². The van der Waals surface area contributed by atoms with Crippen molar-refractivity contribution in [1.29, 1.82) is 0 Å². The van der Waals surface area contributed by atoms with Gasteiger partial charge in [0.05, 0.1) is 0 Å². The summed E-state index contributed by atoms with van der Waals surface area (Å²) >= 11 is 0. The fraction of sp³-hybridized carbons (Fsp3) is 0.667. The number of aryl methyl sites for hydroxylation is 1. The standard InChI is InChI=1S/C18H28N2/c1-15(2)18(9-10-19-13-18)14-20-11-5-8-16-6-3-4-7-17(16)12-20/h3-4,6-7,15,19H,5,8-14H2,1-2H3. The van der Waals surface area contributed by atoms with Gasteiger partial charge in [0.25, 0.3) is 0 Å². The van der Waals surface area contributed by atoms with Gasteiger partial charge < -0.3 is 5.32 Å². The SMILES string of the molecule is CC(C)C1(CN2CCCc3ccccc3C2)CCNC1. The number of benzene rings is 1. The van der Waals surface area contributed by atoms with Crippen LogP contribution in [0.2, 0.25) is 0 Å². The normalized spacial score (nSPS) is 27.6. The molecule has 3 rings (SSSR count). The number of rotatable bonds is 3. The fourth-order valence-corrected chi connectivity index (χ4v) is 3.92. The molecular formula is C18H28N2. The second-order valence-electron chi connectivity index (χ2n) is 7.03. The van der Waals surface area contributed by atoms with E-state index in [0.717, 1.165) is 12.5 Å². The van der Waals surface area contributed by atoms with Gasteiger partial charge in [-0.15, -0.1) is 0 Å². The summed E-state index contributed by atoms with van der Waals surface area (Å²) in [6, 6.07) is 9.01. The van der Waals surface area contributed by atoms with Crippen LogP contribution in [-0.4, -0.2) is 31.1 Å². The maximum absolute atomic E-state index is 3.59. The molecule has 2 aliphatic heterocycles. The van der Waals surface area contributed by atoms with Gasteiger partial charge in [0, 0.05) is 19.6 Å². The average molecular weight is 272 g/mol. The third-order valence-electron chi connectivity index (χ3n) is 5.47. The van der Waals surface area contributed by atoms with Gasteiger partial charge in [-0.1, -0.05) is 38.1 Å². The minimum Gasteiger partial charge on any atom is -0.316 e. The number of hydrogen-bond acceptors (Lipinski definition) is 2. The molecule has 1 aromatic rings. The molecule has 1 saturated heterocycles. The summed E-state index contributed by atoms with van der Waals surface area (Å²) in [5, 5.41) is 3.59.